The van der Waals surface area contributed by atoms with E-state index >= 15 is 0 Å². The van der Waals surface area contributed by atoms with Crippen LogP contribution < -0.4 is 10.6 Å². The first-order valence-electron chi connectivity index (χ1n) is 10.5. The van der Waals surface area contributed by atoms with Gasteiger partial charge in [0.25, 0.3) is 0 Å². The topological polar surface area (TPSA) is 105 Å². The molecule has 3 N–H and O–H groups in total. The molecule has 2 aromatic rings. The predicted octanol–water partition coefficient (Wildman–Crippen LogP) is 3.67. The van der Waals surface area contributed by atoms with Gasteiger partial charge in [0, 0.05) is 18.4 Å². The Morgan fingerprint density at radius 1 is 1.00 bits per heavy atom. The second-order valence-corrected chi connectivity index (χ2v) is 7.77. The van der Waals surface area contributed by atoms with E-state index in [9.17, 15) is 14.4 Å². The minimum absolute atomic E-state index is 0.0297. The van der Waals surface area contributed by atoms with Gasteiger partial charge < -0.3 is 20.5 Å². The standard InChI is InChI=1S/C24H28N2O5/c1-3-21(23(29)25-15(2)12-13-22(27)28)26-24(30)31-14-20-18-10-6-4-8-16(18)17-9-5-7-11-19(17)20/h4-11,15,20-21H,3,12-14H2,1-2H3,(H,25,29)(H,26,30)(H,27,28)/t15?,21-/m0/s1. The van der Waals surface area contributed by atoms with Crippen LogP contribution in [-0.4, -0.2) is 41.8 Å². The van der Waals surface area contributed by atoms with Gasteiger partial charge in [-0.05, 0) is 42.0 Å². The molecule has 2 amide bonds. The van der Waals surface area contributed by atoms with Gasteiger partial charge in [-0.3, -0.25) is 9.59 Å². The second kappa shape index (κ2) is 10.1. The summed E-state index contributed by atoms with van der Waals surface area (Å²) in [5.41, 5.74) is 4.53. The number of carboxylic acids is 1. The number of benzene rings is 2. The third kappa shape index (κ3) is 5.42. The number of hydrogen-bond acceptors (Lipinski definition) is 4. The van der Waals surface area contributed by atoms with Gasteiger partial charge in [-0.25, -0.2) is 4.79 Å². The van der Waals surface area contributed by atoms with Crippen LogP contribution in [0.25, 0.3) is 11.1 Å². The van der Waals surface area contributed by atoms with Crippen LogP contribution in [0.15, 0.2) is 48.5 Å². The summed E-state index contributed by atoms with van der Waals surface area (Å²) >= 11 is 0. The molecule has 0 saturated heterocycles. The van der Waals surface area contributed by atoms with Crippen molar-refractivity contribution >= 4 is 18.0 Å². The first-order valence-corrected chi connectivity index (χ1v) is 10.5. The quantitative estimate of drug-likeness (QED) is 0.570. The van der Waals surface area contributed by atoms with E-state index in [2.05, 4.69) is 22.8 Å². The lowest BCUT2D eigenvalue weighted by Gasteiger charge is -2.20. The summed E-state index contributed by atoms with van der Waals surface area (Å²) in [5, 5.41) is 14.1. The van der Waals surface area contributed by atoms with Gasteiger partial charge in [0.1, 0.15) is 12.6 Å². The van der Waals surface area contributed by atoms with E-state index in [1.54, 1.807) is 13.8 Å². The summed E-state index contributed by atoms with van der Waals surface area (Å²) in [5.74, 6) is -1.32. The summed E-state index contributed by atoms with van der Waals surface area (Å²) in [7, 11) is 0. The van der Waals surface area contributed by atoms with Crippen LogP contribution in [0.1, 0.15) is 50.2 Å². The SMILES string of the molecule is CC[C@H](NC(=O)OCC1c2ccccc2-c2ccccc21)C(=O)NC(C)CCC(=O)O. The Labute approximate surface area is 181 Å². The molecule has 7 nitrogen and oxygen atoms in total. The Balaban J connectivity index is 1.57. The summed E-state index contributed by atoms with van der Waals surface area (Å²) in [6.45, 7) is 3.70. The number of nitrogens with one attached hydrogen (secondary N) is 2. The van der Waals surface area contributed by atoms with E-state index in [0.717, 1.165) is 22.3 Å². The van der Waals surface area contributed by atoms with Crippen molar-refractivity contribution < 1.29 is 24.2 Å². The summed E-state index contributed by atoms with van der Waals surface area (Å²) in [4.78, 5) is 35.5. The molecule has 1 aliphatic rings. The number of carbonyl (C=O) groups excluding carboxylic acids is 2. The summed E-state index contributed by atoms with van der Waals surface area (Å²) in [6.07, 6.45) is 0.0318. The fourth-order valence-electron chi connectivity index (χ4n) is 3.89. The van der Waals surface area contributed by atoms with Crippen molar-refractivity contribution in [2.45, 2.75) is 51.1 Å². The van der Waals surface area contributed by atoms with Crippen molar-refractivity contribution in [3.05, 3.63) is 59.7 Å². The van der Waals surface area contributed by atoms with Crippen LogP contribution in [0, 0.1) is 0 Å². The van der Waals surface area contributed by atoms with Crippen molar-refractivity contribution in [1.82, 2.24) is 10.6 Å². The molecular weight excluding hydrogens is 396 g/mol. The van der Waals surface area contributed by atoms with Gasteiger partial charge in [-0.15, -0.1) is 0 Å². The molecule has 164 valence electrons. The van der Waals surface area contributed by atoms with Gasteiger partial charge in [0.15, 0.2) is 0 Å². The normalized spacial score (nSPS) is 14.1. The Morgan fingerprint density at radius 2 is 1.58 bits per heavy atom. The van der Waals surface area contributed by atoms with Gasteiger partial charge in [0.05, 0.1) is 0 Å². The zero-order valence-electron chi connectivity index (χ0n) is 17.8. The van der Waals surface area contributed by atoms with E-state index in [1.165, 1.54) is 0 Å². The number of fused-ring (bicyclic) bond motifs is 3. The van der Waals surface area contributed by atoms with E-state index in [1.807, 2.05) is 36.4 Å². The lowest BCUT2D eigenvalue weighted by atomic mass is 9.98. The Kier molecular flexibility index (Phi) is 7.28. The van der Waals surface area contributed by atoms with Crippen LogP contribution in [0.2, 0.25) is 0 Å². The molecule has 1 aliphatic carbocycles. The number of carboxylic acid groups (broad SMARTS) is 1. The van der Waals surface area contributed by atoms with E-state index in [-0.39, 0.29) is 30.9 Å². The molecule has 0 radical (unpaired) electrons. The number of carbonyl (C=O) groups is 3. The molecule has 1 unspecified atom stereocenters. The molecule has 0 spiro atoms. The maximum absolute atomic E-state index is 12.4. The minimum atomic E-state index is -0.912. The number of alkyl carbamates (subject to hydrolysis) is 1. The van der Waals surface area contributed by atoms with Gasteiger partial charge in [-0.2, -0.15) is 0 Å². The average molecular weight is 424 g/mol. The molecule has 2 aromatic carbocycles. The molecule has 0 heterocycles. The van der Waals surface area contributed by atoms with Crippen LogP contribution in [-0.2, 0) is 14.3 Å². The fraction of sp³-hybridized carbons (Fsp3) is 0.375. The van der Waals surface area contributed by atoms with Crippen molar-refractivity contribution in [2.24, 2.45) is 0 Å². The lowest BCUT2D eigenvalue weighted by Crippen LogP contribution is -2.49. The highest BCUT2D eigenvalue weighted by Gasteiger charge is 2.29. The maximum Gasteiger partial charge on any atom is 0.407 e. The summed E-state index contributed by atoms with van der Waals surface area (Å²) in [6, 6.07) is 15.1. The zero-order valence-corrected chi connectivity index (χ0v) is 17.8. The van der Waals surface area contributed by atoms with Crippen molar-refractivity contribution in [3.8, 4) is 11.1 Å². The van der Waals surface area contributed by atoms with E-state index < -0.39 is 18.1 Å². The highest BCUT2D eigenvalue weighted by molar-refractivity contribution is 5.86. The molecule has 0 bridgehead atoms. The van der Waals surface area contributed by atoms with Crippen molar-refractivity contribution in [2.75, 3.05) is 6.61 Å². The zero-order chi connectivity index (χ0) is 22.4. The average Bonchev–Trinajstić information content (AvgIpc) is 3.08. The van der Waals surface area contributed by atoms with Crippen molar-refractivity contribution in [1.29, 1.82) is 0 Å². The third-order valence-electron chi connectivity index (χ3n) is 5.54. The maximum atomic E-state index is 12.4. The Bertz CT molecular complexity index is 913. The summed E-state index contributed by atoms with van der Waals surface area (Å²) < 4.78 is 5.50. The van der Waals surface area contributed by atoms with Crippen LogP contribution in [0.4, 0.5) is 4.79 Å². The minimum Gasteiger partial charge on any atom is -0.481 e. The number of aliphatic carboxylic acids is 1. The molecule has 0 saturated carbocycles. The highest BCUT2D eigenvalue weighted by Crippen LogP contribution is 2.44. The molecule has 3 rings (SSSR count). The first-order chi connectivity index (χ1) is 14.9. The molecule has 7 heteroatoms. The van der Waals surface area contributed by atoms with Crippen molar-refractivity contribution in [3.63, 3.8) is 0 Å². The van der Waals surface area contributed by atoms with Gasteiger partial charge in [0.2, 0.25) is 5.91 Å². The van der Waals surface area contributed by atoms with Gasteiger partial charge >= 0.3 is 12.1 Å². The third-order valence-corrected chi connectivity index (χ3v) is 5.54. The molecule has 0 fully saturated rings. The van der Waals surface area contributed by atoms with Crippen LogP contribution >= 0.6 is 0 Å². The van der Waals surface area contributed by atoms with Crippen LogP contribution in [0.3, 0.4) is 0 Å². The molecule has 0 aromatic heterocycles. The Morgan fingerprint density at radius 3 is 2.13 bits per heavy atom. The predicted molar refractivity (Wildman–Crippen MR) is 117 cm³/mol. The fourth-order valence-corrected chi connectivity index (χ4v) is 3.89. The highest BCUT2D eigenvalue weighted by atomic mass is 16.5. The second-order valence-electron chi connectivity index (χ2n) is 7.77. The van der Waals surface area contributed by atoms with E-state index in [4.69, 9.17) is 9.84 Å². The molecular formula is C24H28N2O5. The first kappa shape index (κ1) is 22.3. The number of ether oxygens (including phenoxy) is 1. The number of rotatable bonds is 9. The lowest BCUT2D eigenvalue weighted by molar-refractivity contribution is -0.137. The Hall–Kier alpha value is -3.35. The van der Waals surface area contributed by atoms with E-state index in [0.29, 0.717) is 12.8 Å². The van der Waals surface area contributed by atoms with Crippen LogP contribution in [0.5, 0.6) is 0 Å². The smallest absolute Gasteiger partial charge is 0.407 e. The molecule has 0 aliphatic heterocycles. The van der Waals surface area contributed by atoms with Gasteiger partial charge in [-0.1, -0.05) is 55.5 Å². The molecule has 31 heavy (non-hydrogen) atoms. The monoisotopic (exact) mass is 424 g/mol. The number of hydrogen-bond donors (Lipinski definition) is 3. The molecule has 2 atom stereocenters. The number of amides is 2. The largest absolute Gasteiger partial charge is 0.481 e.